The normalized spacial score (nSPS) is 9.35. The van der Waals surface area contributed by atoms with Gasteiger partial charge in [0.2, 0.25) is 11.8 Å². The van der Waals surface area contributed by atoms with E-state index in [0.717, 1.165) is 0 Å². The van der Waals surface area contributed by atoms with Gasteiger partial charge in [-0.25, -0.2) is 0 Å². The third-order valence-corrected chi connectivity index (χ3v) is 3.10. The molecule has 2 aromatic carbocycles. The third-order valence-electron chi connectivity index (χ3n) is 2.43. The Hall–Kier alpha value is -2.54. The quantitative estimate of drug-likeness (QED) is 0.640. The maximum absolute atomic E-state index is 10.6. The maximum Gasteiger partial charge on any atom is 0.221 e. The molecule has 0 atom stereocenters. The van der Waals surface area contributed by atoms with E-state index in [1.807, 2.05) is 0 Å². The fraction of sp³-hybridized carbons (Fsp3) is 0.125. The summed E-state index contributed by atoms with van der Waals surface area (Å²) in [5.74, 6) is -0.0372. The molecule has 0 fully saturated rings. The fourth-order valence-corrected chi connectivity index (χ4v) is 1.83. The number of hydrogen-bond donors (Lipinski definition) is 4. The van der Waals surface area contributed by atoms with Gasteiger partial charge in [-0.15, -0.1) is 0 Å². The van der Waals surface area contributed by atoms with Gasteiger partial charge in [-0.2, -0.15) is 0 Å². The van der Waals surface area contributed by atoms with Crippen molar-refractivity contribution in [1.29, 1.82) is 0 Å². The summed E-state index contributed by atoms with van der Waals surface area (Å²) in [6.45, 7) is 2.84. The van der Waals surface area contributed by atoms with E-state index < -0.39 is 0 Å². The summed E-state index contributed by atoms with van der Waals surface area (Å²) in [4.78, 5) is 21.1. The zero-order valence-electron chi connectivity index (χ0n) is 12.6. The molecule has 0 aliphatic rings. The number of amides is 2. The molecule has 0 aliphatic carbocycles. The van der Waals surface area contributed by atoms with Gasteiger partial charge >= 0.3 is 0 Å². The summed E-state index contributed by atoms with van der Waals surface area (Å²) in [5, 5.41) is 23.3. The van der Waals surface area contributed by atoms with Crippen LogP contribution in [0.3, 0.4) is 0 Å². The van der Waals surface area contributed by atoms with E-state index in [1.54, 1.807) is 30.3 Å². The lowest BCUT2D eigenvalue weighted by Gasteiger charge is -2.02. The fourth-order valence-electron chi connectivity index (χ4n) is 1.58. The highest BCUT2D eigenvalue weighted by atomic mass is 79.9. The summed E-state index contributed by atoms with van der Waals surface area (Å²) in [7, 11) is 0. The van der Waals surface area contributed by atoms with Crippen LogP contribution in [-0.4, -0.2) is 22.0 Å². The van der Waals surface area contributed by atoms with Crippen LogP contribution in [0.4, 0.5) is 11.4 Å². The Balaban J connectivity index is 0.000000231. The van der Waals surface area contributed by atoms with E-state index in [9.17, 15) is 14.7 Å². The van der Waals surface area contributed by atoms with E-state index in [1.165, 1.54) is 26.0 Å². The number of anilines is 2. The summed E-state index contributed by atoms with van der Waals surface area (Å²) < 4.78 is 0.608. The van der Waals surface area contributed by atoms with Gasteiger partial charge in [-0.05, 0) is 40.2 Å². The summed E-state index contributed by atoms with van der Waals surface area (Å²) >= 11 is 3.13. The van der Waals surface area contributed by atoms with Gasteiger partial charge in [0.25, 0.3) is 0 Å². The summed E-state index contributed by atoms with van der Waals surface area (Å²) in [6.07, 6.45) is 0. The molecule has 6 nitrogen and oxygen atoms in total. The van der Waals surface area contributed by atoms with Gasteiger partial charge in [-0.3, -0.25) is 9.59 Å². The van der Waals surface area contributed by atoms with Gasteiger partial charge in [0, 0.05) is 37.4 Å². The van der Waals surface area contributed by atoms with Gasteiger partial charge in [0.1, 0.15) is 11.5 Å². The van der Waals surface area contributed by atoms with Crippen LogP contribution in [-0.2, 0) is 9.59 Å². The second-order valence-electron chi connectivity index (χ2n) is 4.58. The molecule has 4 N–H and O–H groups in total. The lowest BCUT2D eigenvalue weighted by Crippen LogP contribution is -2.05. The Bertz CT molecular complexity index is 704. The third kappa shape index (κ3) is 7.32. The topological polar surface area (TPSA) is 98.7 Å². The predicted molar refractivity (Wildman–Crippen MR) is 92.5 cm³/mol. The van der Waals surface area contributed by atoms with E-state index in [0.29, 0.717) is 15.8 Å². The first-order chi connectivity index (χ1) is 10.8. The number of hydrogen-bond acceptors (Lipinski definition) is 4. The van der Waals surface area contributed by atoms with Gasteiger partial charge in [0.05, 0.1) is 4.47 Å². The molecule has 0 bridgehead atoms. The van der Waals surface area contributed by atoms with Crippen molar-refractivity contribution in [3.63, 3.8) is 0 Å². The number of carbonyl (C=O) groups excluding carboxylic acids is 2. The predicted octanol–water partition coefficient (Wildman–Crippen LogP) is 3.46. The molecule has 0 heterocycles. The summed E-state index contributed by atoms with van der Waals surface area (Å²) in [6, 6.07) is 11.3. The number of benzene rings is 2. The molecular weight excluding hydrogens is 364 g/mol. The first-order valence-electron chi connectivity index (χ1n) is 6.60. The molecule has 0 radical (unpaired) electrons. The molecule has 2 amide bonds. The SMILES string of the molecule is CC(=O)Nc1ccc(Br)c(O)c1.CC(=O)Nc1cccc(O)c1. The second kappa shape index (κ2) is 8.79. The number of aromatic hydroxyl groups is 2. The second-order valence-corrected chi connectivity index (χ2v) is 5.43. The highest BCUT2D eigenvalue weighted by Crippen LogP contribution is 2.26. The standard InChI is InChI=1S/C8H8BrNO2.C8H9NO2/c1-5(11)10-6-2-3-7(9)8(12)4-6;1-6(10)9-7-3-2-4-8(11)5-7/h2-4,12H,1H3,(H,10,11);2-5,11H,1H3,(H,9,10). The van der Waals surface area contributed by atoms with Crippen molar-refractivity contribution < 1.29 is 19.8 Å². The Morgan fingerprint density at radius 3 is 1.96 bits per heavy atom. The minimum Gasteiger partial charge on any atom is -0.508 e. The minimum atomic E-state index is -0.156. The van der Waals surface area contributed by atoms with Gasteiger partial charge < -0.3 is 20.8 Å². The van der Waals surface area contributed by atoms with Crippen LogP contribution in [0.2, 0.25) is 0 Å². The lowest BCUT2D eigenvalue weighted by atomic mass is 10.3. The van der Waals surface area contributed by atoms with Crippen molar-refractivity contribution in [2.24, 2.45) is 0 Å². The number of phenolic OH excluding ortho intramolecular Hbond substituents is 2. The van der Waals surface area contributed by atoms with Crippen molar-refractivity contribution in [2.45, 2.75) is 13.8 Å². The summed E-state index contributed by atoms with van der Waals surface area (Å²) in [5.41, 5.74) is 1.20. The zero-order valence-corrected chi connectivity index (χ0v) is 14.2. The van der Waals surface area contributed by atoms with Crippen molar-refractivity contribution in [3.05, 3.63) is 46.9 Å². The molecule has 0 unspecified atom stereocenters. The molecule has 0 aliphatic heterocycles. The average molecular weight is 381 g/mol. The van der Waals surface area contributed by atoms with E-state index in [-0.39, 0.29) is 23.3 Å². The van der Waals surface area contributed by atoms with E-state index in [4.69, 9.17) is 5.11 Å². The average Bonchev–Trinajstić information content (AvgIpc) is 2.42. The Labute approximate surface area is 142 Å². The highest BCUT2D eigenvalue weighted by Gasteiger charge is 1.99. The van der Waals surface area contributed by atoms with Crippen LogP contribution >= 0.6 is 15.9 Å². The van der Waals surface area contributed by atoms with Crippen molar-refractivity contribution in [3.8, 4) is 11.5 Å². The number of carbonyl (C=O) groups is 2. The van der Waals surface area contributed by atoms with Crippen LogP contribution in [0.25, 0.3) is 0 Å². The first kappa shape index (κ1) is 18.5. The highest BCUT2D eigenvalue weighted by molar-refractivity contribution is 9.10. The molecule has 0 spiro atoms. The van der Waals surface area contributed by atoms with Gasteiger partial charge in [-0.1, -0.05) is 6.07 Å². The number of phenols is 2. The van der Waals surface area contributed by atoms with Crippen LogP contribution in [0, 0.1) is 0 Å². The Morgan fingerprint density at radius 2 is 1.48 bits per heavy atom. The molecule has 2 rings (SSSR count). The van der Waals surface area contributed by atoms with Crippen molar-refractivity contribution in [1.82, 2.24) is 0 Å². The van der Waals surface area contributed by atoms with Gasteiger partial charge in [0.15, 0.2) is 0 Å². The van der Waals surface area contributed by atoms with Crippen molar-refractivity contribution >= 4 is 39.1 Å². The number of nitrogens with one attached hydrogen (secondary N) is 2. The molecule has 2 aromatic rings. The molecule has 0 saturated heterocycles. The van der Waals surface area contributed by atoms with E-state index in [2.05, 4.69) is 26.6 Å². The Kier molecular flexibility index (Phi) is 7.08. The molecule has 0 aromatic heterocycles. The van der Waals surface area contributed by atoms with E-state index >= 15 is 0 Å². The van der Waals surface area contributed by atoms with Crippen LogP contribution < -0.4 is 10.6 Å². The van der Waals surface area contributed by atoms with Crippen LogP contribution in [0.5, 0.6) is 11.5 Å². The molecular formula is C16H17BrN2O4. The van der Waals surface area contributed by atoms with Crippen LogP contribution in [0.1, 0.15) is 13.8 Å². The monoisotopic (exact) mass is 380 g/mol. The minimum absolute atomic E-state index is 0.112. The zero-order chi connectivity index (χ0) is 17.4. The number of rotatable bonds is 2. The molecule has 23 heavy (non-hydrogen) atoms. The largest absolute Gasteiger partial charge is 0.508 e. The molecule has 122 valence electrons. The first-order valence-corrected chi connectivity index (χ1v) is 7.40. The Morgan fingerprint density at radius 1 is 0.913 bits per heavy atom. The number of halogens is 1. The maximum atomic E-state index is 10.6. The molecule has 7 heteroatoms. The van der Waals surface area contributed by atoms with Crippen molar-refractivity contribution in [2.75, 3.05) is 10.6 Å². The smallest absolute Gasteiger partial charge is 0.221 e. The van der Waals surface area contributed by atoms with Crippen LogP contribution in [0.15, 0.2) is 46.9 Å². The lowest BCUT2D eigenvalue weighted by molar-refractivity contribution is -0.115. The molecule has 0 saturated carbocycles.